The van der Waals surface area contributed by atoms with Crippen molar-refractivity contribution >= 4 is 5.97 Å². The molecule has 0 unspecified atom stereocenters. The highest BCUT2D eigenvalue weighted by atomic mass is 16.4. The van der Waals surface area contributed by atoms with Crippen LogP contribution in [-0.4, -0.2) is 25.8 Å². The average molecular weight is 195 g/mol. The van der Waals surface area contributed by atoms with Gasteiger partial charge in [-0.25, -0.2) is 9.67 Å². The van der Waals surface area contributed by atoms with Crippen LogP contribution >= 0.6 is 0 Å². The highest BCUT2D eigenvalue weighted by molar-refractivity contribution is 5.68. The van der Waals surface area contributed by atoms with E-state index in [-0.39, 0.29) is 6.42 Å². The number of carboxylic acid groups (broad SMARTS) is 1. The third-order valence-corrected chi connectivity index (χ3v) is 2.66. The summed E-state index contributed by atoms with van der Waals surface area (Å²) in [6.45, 7) is 0.822. The van der Waals surface area contributed by atoms with Gasteiger partial charge in [0.25, 0.3) is 0 Å². The minimum atomic E-state index is -0.854. The molecule has 5 nitrogen and oxygen atoms in total. The van der Waals surface area contributed by atoms with Crippen LogP contribution < -0.4 is 0 Å². The van der Waals surface area contributed by atoms with Gasteiger partial charge in [0.15, 0.2) is 0 Å². The normalized spacial score (nSPS) is 16.6. The predicted molar refractivity (Wildman–Crippen MR) is 48.7 cm³/mol. The summed E-state index contributed by atoms with van der Waals surface area (Å²) >= 11 is 0. The summed E-state index contributed by atoms with van der Waals surface area (Å²) in [6.07, 6.45) is 5.13. The molecule has 1 N–H and O–H groups in total. The Balaban J connectivity index is 2.00. The van der Waals surface area contributed by atoms with Crippen molar-refractivity contribution in [3.8, 4) is 0 Å². The maximum absolute atomic E-state index is 10.5. The topological polar surface area (TPSA) is 68.0 Å². The maximum Gasteiger partial charge on any atom is 0.311 e. The van der Waals surface area contributed by atoms with Gasteiger partial charge in [-0.15, -0.1) is 0 Å². The number of hydrogen-bond donors (Lipinski definition) is 1. The van der Waals surface area contributed by atoms with Crippen LogP contribution in [0.1, 0.15) is 25.1 Å². The molecule has 1 aliphatic carbocycles. The fourth-order valence-electron chi connectivity index (χ4n) is 1.63. The number of nitrogens with zero attached hydrogens (tertiary/aromatic N) is 3. The molecule has 1 fully saturated rings. The number of aliphatic carboxylic acids is 1. The van der Waals surface area contributed by atoms with E-state index < -0.39 is 5.97 Å². The first-order valence-corrected chi connectivity index (χ1v) is 4.84. The van der Waals surface area contributed by atoms with E-state index in [1.165, 1.54) is 25.6 Å². The van der Waals surface area contributed by atoms with Gasteiger partial charge in [-0.1, -0.05) is 6.42 Å². The van der Waals surface area contributed by atoms with Crippen molar-refractivity contribution in [2.75, 3.05) is 0 Å². The van der Waals surface area contributed by atoms with Gasteiger partial charge < -0.3 is 5.11 Å². The van der Waals surface area contributed by atoms with Gasteiger partial charge in [0.05, 0.1) is 0 Å². The summed E-state index contributed by atoms with van der Waals surface area (Å²) in [7, 11) is 0. The third-order valence-electron chi connectivity index (χ3n) is 2.66. The fraction of sp³-hybridized carbons (Fsp3) is 0.667. The summed E-state index contributed by atoms with van der Waals surface area (Å²) < 4.78 is 1.72. The van der Waals surface area contributed by atoms with E-state index in [0.717, 1.165) is 6.54 Å². The zero-order valence-corrected chi connectivity index (χ0v) is 7.89. The Morgan fingerprint density at radius 2 is 2.43 bits per heavy atom. The lowest BCUT2D eigenvalue weighted by molar-refractivity contribution is -0.136. The first-order valence-electron chi connectivity index (χ1n) is 4.84. The third kappa shape index (κ3) is 1.92. The summed E-state index contributed by atoms with van der Waals surface area (Å²) in [4.78, 5) is 14.4. The molecule has 5 heteroatoms. The SMILES string of the molecule is O=C(O)Cc1ncnn1CC1CCC1. The number of hydrogen-bond acceptors (Lipinski definition) is 3. The Hall–Kier alpha value is -1.39. The quantitative estimate of drug-likeness (QED) is 0.768. The molecule has 0 atom stereocenters. The number of carbonyl (C=O) groups is 1. The Morgan fingerprint density at radius 1 is 1.64 bits per heavy atom. The molecule has 0 bridgehead atoms. The van der Waals surface area contributed by atoms with E-state index in [1.807, 2.05) is 0 Å². The zero-order valence-electron chi connectivity index (χ0n) is 7.89. The second kappa shape index (κ2) is 3.77. The highest BCUT2D eigenvalue weighted by Crippen LogP contribution is 2.27. The van der Waals surface area contributed by atoms with E-state index in [0.29, 0.717) is 11.7 Å². The van der Waals surface area contributed by atoms with Crippen LogP contribution in [0.2, 0.25) is 0 Å². The van der Waals surface area contributed by atoms with Gasteiger partial charge >= 0.3 is 5.97 Å². The van der Waals surface area contributed by atoms with Crippen LogP contribution in [0.3, 0.4) is 0 Å². The van der Waals surface area contributed by atoms with Crippen LogP contribution in [0, 0.1) is 5.92 Å². The molecule has 0 saturated heterocycles. The van der Waals surface area contributed by atoms with Gasteiger partial charge in [-0.3, -0.25) is 4.79 Å². The lowest BCUT2D eigenvalue weighted by Crippen LogP contribution is -2.21. The van der Waals surface area contributed by atoms with Crippen molar-refractivity contribution < 1.29 is 9.90 Å². The average Bonchev–Trinajstić information content (AvgIpc) is 2.44. The molecule has 0 aliphatic heterocycles. The molecule has 1 aliphatic rings. The lowest BCUT2D eigenvalue weighted by Gasteiger charge is -2.25. The molecule has 1 aromatic rings. The Morgan fingerprint density at radius 3 is 3.00 bits per heavy atom. The molecule has 14 heavy (non-hydrogen) atoms. The summed E-state index contributed by atoms with van der Waals surface area (Å²) in [6, 6.07) is 0. The lowest BCUT2D eigenvalue weighted by atomic mass is 9.85. The maximum atomic E-state index is 10.5. The predicted octanol–water partition coefficient (Wildman–Crippen LogP) is 0.705. The number of aromatic nitrogens is 3. The van der Waals surface area contributed by atoms with Crippen LogP contribution in [0.15, 0.2) is 6.33 Å². The molecular weight excluding hydrogens is 182 g/mol. The standard InChI is InChI=1S/C9H13N3O2/c13-9(14)4-8-10-6-11-12(8)5-7-2-1-3-7/h6-7H,1-5H2,(H,13,14). The number of rotatable bonds is 4. The minimum absolute atomic E-state index is 0.0350. The Bertz CT molecular complexity index is 331. The van der Waals surface area contributed by atoms with Gasteiger partial charge in [0, 0.05) is 6.54 Å². The van der Waals surface area contributed by atoms with Crippen molar-refractivity contribution in [2.45, 2.75) is 32.2 Å². The van der Waals surface area contributed by atoms with Crippen molar-refractivity contribution in [3.63, 3.8) is 0 Å². The van der Waals surface area contributed by atoms with Gasteiger partial charge in [0.2, 0.25) is 0 Å². The molecule has 2 rings (SSSR count). The largest absolute Gasteiger partial charge is 0.481 e. The molecule has 0 spiro atoms. The highest BCUT2D eigenvalue weighted by Gasteiger charge is 2.20. The van der Waals surface area contributed by atoms with E-state index in [9.17, 15) is 4.79 Å². The Kier molecular flexibility index (Phi) is 2.47. The molecular formula is C9H13N3O2. The second-order valence-electron chi connectivity index (χ2n) is 3.73. The van der Waals surface area contributed by atoms with E-state index in [1.54, 1.807) is 4.68 Å². The summed E-state index contributed by atoms with van der Waals surface area (Å²) in [5.41, 5.74) is 0. The molecule has 0 aromatic carbocycles. The molecule has 0 radical (unpaired) electrons. The van der Waals surface area contributed by atoms with Crippen molar-refractivity contribution in [1.29, 1.82) is 0 Å². The monoisotopic (exact) mass is 195 g/mol. The van der Waals surface area contributed by atoms with Crippen LogP contribution in [0.25, 0.3) is 0 Å². The molecule has 1 heterocycles. The molecule has 1 aromatic heterocycles. The summed E-state index contributed by atoms with van der Waals surface area (Å²) in [5.74, 6) is 0.376. The zero-order chi connectivity index (χ0) is 9.97. The van der Waals surface area contributed by atoms with Gasteiger partial charge in [0.1, 0.15) is 18.6 Å². The van der Waals surface area contributed by atoms with Gasteiger partial charge in [-0.2, -0.15) is 5.10 Å². The molecule has 1 saturated carbocycles. The van der Waals surface area contributed by atoms with Crippen LogP contribution in [-0.2, 0) is 17.8 Å². The first kappa shape index (κ1) is 9.18. The Labute approximate surface area is 81.8 Å². The van der Waals surface area contributed by atoms with E-state index in [4.69, 9.17) is 5.11 Å². The van der Waals surface area contributed by atoms with Crippen molar-refractivity contribution in [3.05, 3.63) is 12.2 Å². The number of carboxylic acids is 1. The minimum Gasteiger partial charge on any atom is -0.481 e. The van der Waals surface area contributed by atoms with Gasteiger partial charge in [-0.05, 0) is 18.8 Å². The van der Waals surface area contributed by atoms with Crippen LogP contribution in [0.4, 0.5) is 0 Å². The first-order chi connectivity index (χ1) is 6.75. The van der Waals surface area contributed by atoms with Crippen LogP contribution in [0.5, 0.6) is 0 Å². The fourth-order valence-corrected chi connectivity index (χ4v) is 1.63. The smallest absolute Gasteiger partial charge is 0.311 e. The van der Waals surface area contributed by atoms with E-state index >= 15 is 0 Å². The van der Waals surface area contributed by atoms with E-state index in [2.05, 4.69) is 10.1 Å². The molecule has 76 valence electrons. The van der Waals surface area contributed by atoms with Crippen molar-refractivity contribution in [1.82, 2.24) is 14.8 Å². The van der Waals surface area contributed by atoms with Crippen molar-refractivity contribution in [2.24, 2.45) is 5.92 Å². The summed E-state index contributed by atoms with van der Waals surface area (Å²) in [5, 5.41) is 12.7. The molecule has 0 amide bonds. The second-order valence-corrected chi connectivity index (χ2v) is 3.73.